The summed E-state index contributed by atoms with van der Waals surface area (Å²) < 4.78 is 22.8. The van der Waals surface area contributed by atoms with Crippen LogP contribution in [0.25, 0.3) is 0 Å². The van der Waals surface area contributed by atoms with Crippen LogP contribution in [0.15, 0.2) is 53.4 Å². The molecular weight excluding hydrogens is 258 g/mol. The Labute approximate surface area is 114 Å². The van der Waals surface area contributed by atoms with Crippen molar-refractivity contribution in [3.63, 3.8) is 0 Å². The van der Waals surface area contributed by atoms with Gasteiger partial charge in [0, 0.05) is 6.26 Å². The highest BCUT2D eigenvalue weighted by Crippen LogP contribution is 2.21. The highest BCUT2D eigenvalue weighted by Gasteiger charge is 2.11. The van der Waals surface area contributed by atoms with Crippen molar-refractivity contribution in [3.8, 4) is 0 Å². The minimum Gasteiger partial charge on any atom is -0.320 e. The summed E-state index contributed by atoms with van der Waals surface area (Å²) in [6.07, 6.45) is 1.20. The van der Waals surface area contributed by atoms with Crippen molar-refractivity contribution >= 4 is 9.84 Å². The average molecular weight is 275 g/mol. The summed E-state index contributed by atoms with van der Waals surface area (Å²) in [6.45, 7) is 2.02. The molecule has 0 radical (unpaired) electrons. The van der Waals surface area contributed by atoms with E-state index in [0.717, 1.165) is 16.7 Å². The summed E-state index contributed by atoms with van der Waals surface area (Å²) in [6, 6.07) is 14.5. The van der Waals surface area contributed by atoms with Crippen molar-refractivity contribution in [2.45, 2.75) is 17.9 Å². The van der Waals surface area contributed by atoms with Gasteiger partial charge in [0.15, 0.2) is 9.84 Å². The number of hydrogen-bond acceptors (Lipinski definition) is 3. The molecule has 4 heteroatoms. The molecule has 19 heavy (non-hydrogen) atoms. The van der Waals surface area contributed by atoms with Gasteiger partial charge in [-0.2, -0.15) is 0 Å². The lowest BCUT2D eigenvalue weighted by atomic mass is 9.98. The second kappa shape index (κ2) is 5.15. The van der Waals surface area contributed by atoms with Gasteiger partial charge < -0.3 is 5.73 Å². The number of sulfone groups is 1. The van der Waals surface area contributed by atoms with E-state index >= 15 is 0 Å². The van der Waals surface area contributed by atoms with Gasteiger partial charge in [0.1, 0.15) is 0 Å². The van der Waals surface area contributed by atoms with Crippen LogP contribution in [0, 0.1) is 6.92 Å². The molecule has 0 aliphatic carbocycles. The Bertz CT molecular complexity index is 676. The zero-order valence-corrected chi connectivity index (χ0v) is 11.8. The number of rotatable bonds is 3. The van der Waals surface area contributed by atoms with Crippen LogP contribution in [-0.4, -0.2) is 14.7 Å². The molecule has 0 saturated carbocycles. The summed E-state index contributed by atoms with van der Waals surface area (Å²) in [5.74, 6) is 0. The third-order valence-corrected chi connectivity index (χ3v) is 4.20. The van der Waals surface area contributed by atoms with Crippen LogP contribution in [-0.2, 0) is 9.84 Å². The van der Waals surface area contributed by atoms with Crippen LogP contribution in [0.2, 0.25) is 0 Å². The molecule has 100 valence electrons. The Kier molecular flexibility index (Phi) is 3.73. The van der Waals surface area contributed by atoms with E-state index in [1.165, 1.54) is 6.26 Å². The molecule has 3 nitrogen and oxygen atoms in total. The second-order valence-electron chi connectivity index (χ2n) is 4.73. The summed E-state index contributed by atoms with van der Waals surface area (Å²) in [5, 5.41) is 0. The molecule has 0 spiro atoms. The van der Waals surface area contributed by atoms with E-state index in [1.807, 2.05) is 31.2 Å². The first-order valence-corrected chi connectivity index (χ1v) is 7.89. The van der Waals surface area contributed by atoms with Crippen LogP contribution < -0.4 is 5.73 Å². The molecule has 0 aliphatic rings. The molecule has 0 amide bonds. The molecular formula is C15H17NO2S. The van der Waals surface area contributed by atoms with E-state index in [4.69, 9.17) is 5.73 Å². The van der Waals surface area contributed by atoms with Gasteiger partial charge in [-0.25, -0.2) is 8.42 Å². The van der Waals surface area contributed by atoms with E-state index < -0.39 is 9.84 Å². The molecule has 1 atom stereocenters. The Morgan fingerprint density at radius 2 is 1.63 bits per heavy atom. The van der Waals surface area contributed by atoms with E-state index in [1.54, 1.807) is 24.3 Å². The predicted octanol–water partition coefficient (Wildman–Crippen LogP) is 2.45. The lowest BCUT2D eigenvalue weighted by molar-refractivity contribution is 0.602. The Balaban J connectivity index is 2.32. The zero-order valence-electron chi connectivity index (χ0n) is 11.0. The Hall–Kier alpha value is -1.65. The van der Waals surface area contributed by atoms with Crippen molar-refractivity contribution in [1.82, 2.24) is 0 Å². The molecule has 2 rings (SSSR count). The molecule has 2 aromatic carbocycles. The summed E-state index contributed by atoms with van der Waals surface area (Å²) in [4.78, 5) is 0.313. The first kappa shape index (κ1) is 13.8. The van der Waals surface area contributed by atoms with Gasteiger partial charge in [-0.15, -0.1) is 0 Å². The van der Waals surface area contributed by atoms with Gasteiger partial charge in [0.05, 0.1) is 10.9 Å². The minimum absolute atomic E-state index is 0.242. The third-order valence-electron chi connectivity index (χ3n) is 3.07. The van der Waals surface area contributed by atoms with Crippen molar-refractivity contribution in [2.24, 2.45) is 5.73 Å². The molecule has 0 aromatic heterocycles. The summed E-state index contributed by atoms with van der Waals surface area (Å²) in [5.41, 5.74) is 9.27. The highest BCUT2D eigenvalue weighted by atomic mass is 32.2. The molecule has 2 N–H and O–H groups in total. The smallest absolute Gasteiger partial charge is 0.175 e. The summed E-state index contributed by atoms with van der Waals surface area (Å²) in [7, 11) is -3.16. The van der Waals surface area contributed by atoms with Gasteiger partial charge in [-0.05, 0) is 30.2 Å². The van der Waals surface area contributed by atoms with E-state index in [-0.39, 0.29) is 6.04 Å². The maximum absolute atomic E-state index is 11.4. The van der Waals surface area contributed by atoms with Gasteiger partial charge in [0.25, 0.3) is 0 Å². The van der Waals surface area contributed by atoms with Crippen LogP contribution in [0.4, 0.5) is 0 Å². The Morgan fingerprint density at radius 3 is 2.16 bits per heavy atom. The van der Waals surface area contributed by atoms with Gasteiger partial charge in [-0.3, -0.25) is 0 Å². The topological polar surface area (TPSA) is 60.2 Å². The Morgan fingerprint density at radius 1 is 1.00 bits per heavy atom. The van der Waals surface area contributed by atoms with Crippen LogP contribution in [0.5, 0.6) is 0 Å². The maximum Gasteiger partial charge on any atom is 0.175 e. The third kappa shape index (κ3) is 3.22. The number of nitrogens with two attached hydrogens (primary N) is 1. The standard InChI is InChI=1S/C15H17NO2S/c1-11-4-3-5-13(10-11)15(16)12-6-8-14(9-7-12)19(2,17)18/h3-10,15H,16H2,1-2H3. The lowest BCUT2D eigenvalue weighted by Gasteiger charge is -2.13. The van der Waals surface area contributed by atoms with Crippen LogP contribution >= 0.6 is 0 Å². The molecule has 0 heterocycles. The molecule has 0 saturated heterocycles. The van der Waals surface area contributed by atoms with Crippen molar-refractivity contribution in [1.29, 1.82) is 0 Å². The van der Waals surface area contributed by atoms with Crippen molar-refractivity contribution in [2.75, 3.05) is 6.26 Å². The highest BCUT2D eigenvalue weighted by molar-refractivity contribution is 7.90. The fourth-order valence-corrected chi connectivity index (χ4v) is 2.61. The fraction of sp³-hybridized carbons (Fsp3) is 0.200. The molecule has 1 unspecified atom stereocenters. The first-order valence-electron chi connectivity index (χ1n) is 6.00. The number of aryl methyl sites for hydroxylation is 1. The minimum atomic E-state index is -3.16. The van der Waals surface area contributed by atoms with Crippen LogP contribution in [0.3, 0.4) is 0 Å². The quantitative estimate of drug-likeness (QED) is 0.936. The molecule has 2 aromatic rings. The van der Waals surface area contributed by atoms with Crippen molar-refractivity contribution in [3.05, 3.63) is 65.2 Å². The van der Waals surface area contributed by atoms with Crippen molar-refractivity contribution < 1.29 is 8.42 Å². The zero-order chi connectivity index (χ0) is 14.0. The van der Waals surface area contributed by atoms with Crippen LogP contribution in [0.1, 0.15) is 22.7 Å². The van der Waals surface area contributed by atoms with E-state index in [0.29, 0.717) is 4.90 Å². The van der Waals surface area contributed by atoms with Gasteiger partial charge >= 0.3 is 0 Å². The number of benzene rings is 2. The second-order valence-corrected chi connectivity index (χ2v) is 6.75. The van der Waals surface area contributed by atoms with Gasteiger partial charge in [0.2, 0.25) is 0 Å². The largest absolute Gasteiger partial charge is 0.320 e. The first-order chi connectivity index (χ1) is 8.88. The number of hydrogen-bond donors (Lipinski definition) is 1. The lowest BCUT2D eigenvalue weighted by Crippen LogP contribution is -2.12. The maximum atomic E-state index is 11.4. The van der Waals surface area contributed by atoms with E-state index in [2.05, 4.69) is 0 Å². The average Bonchev–Trinajstić information content (AvgIpc) is 2.37. The predicted molar refractivity (Wildman–Crippen MR) is 76.8 cm³/mol. The van der Waals surface area contributed by atoms with E-state index in [9.17, 15) is 8.42 Å². The normalized spacial score (nSPS) is 13.2. The fourth-order valence-electron chi connectivity index (χ4n) is 1.98. The molecule has 0 aliphatic heterocycles. The SMILES string of the molecule is Cc1cccc(C(N)c2ccc(S(C)(=O)=O)cc2)c1. The monoisotopic (exact) mass is 275 g/mol. The summed E-state index contributed by atoms with van der Waals surface area (Å²) >= 11 is 0. The molecule has 0 bridgehead atoms. The van der Waals surface area contributed by atoms with Gasteiger partial charge in [-0.1, -0.05) is 42.0 Å². The molecule has 0 fully saturated rings.